The molecule has 0 unspecified atom stereocenters. The van der Waals surface area contributed by atoms with Crippen LogP contribution >= 0.6 is 0 Å². The summed E-state index contributed by atoms with van der Waals surface area (Å²) in [6, 6.07) is 8.38. The summed E-state index contributed by atoms with van der Waals surface area (Å²) < 4.78 is 0. The molecule has 6 heteroatoms. The first-order valence-electron chi connectivity index (χ1n) is 6.14. The van der Waals surface area contributed by atoms with Crippen molar-refractivity contribution in [1.29, 1.82) is 5.26 Å². The number of carbonyl (C=O) groups is 2. The van der Waals surface area contributed by atoms with Crippen molar-refractivity contribution in [3.8, 4) is 6.07 Å². The van der Waals surface area contributed by atoms with E-state index in [1.54, 1.807) is 30.3 Å². The van der Waals surface area contributed by atoms with Crippen LogP contribution in [0.1, 0.15) is 23.7 Å². The Bertz CT molecular complexity index is 573. The van der Waals surface area contributed by atoms with Crippen molar-refractivity contribution in [3.63, 3.8) is 0 Å². The molecule has 104 valence electrons. The fourth-order valence-corrected chi connectivity index (χ4v) is 1.46. The third kappa shape index (κ3) is 4.14. The monoisotopic (exact) mass is 272 g/mol. The van der Waals surface area contributed by atoms with Crippen LogP contribution in [-0.4, -0.2) is 18.4 Å². The van der Waals surface area contributed by atoms with Crippen molar-refractivity contribution in [2.24, 2.45) is 5.73 Å². The number of hydrogen-bond donors (Lipinski definition) is 3. The third-order valence-corrected chi connectivity index (χ3v) is 2.47. The van der Waals surface area contributed by atoms with E-state index in [2.05, 4.69) is 10.6 Å². The Morgan fingerprint density at radius 3 is 2.70 bits per heavy atom. The molecule has 0 aliphatic heterocycles. The molecule has 0 spiro atoms. The van der Waals surface area contributed by atoms with Gasteiger partial charge in [-0.2, -0.15) is 5.26 Å². The van der Waals surface area contributed by atoms with Crippen molar-refractivity contribution >= 4 is 17.5 Å². The number of nitrogens with zero attached hydrogens (tertiary/aromatic N) is 1. The molecule has 0 saturated heterocycles. The number of primary amides is 1. The molecule has 6 nitrogen and oxygen atoms in total. The predicted molar refractivity (Wildman–Crippen MR) is 75.6 cm³/mol. The van der Waals surface area contributed by atoms with Gasteiger partial charge in [0.25, 0.3) is 11.8 Å². The lowest BCUT2D eigenvalue weighted by molar-refractivity contribution is -0.117. The normalized spacial score (nSPS) is 10.5. The van der Waals surface area contributed by atoms with Crippen LogP contribution < -0.4 is 16.4 Å². The highest BCUT2D eigenvalue weighted by Crippen LogP contribution is 2.14. The van der Waals surface area contributed by atoms with Crippen LogP contribution in [0, 0.1) is 11.3 Å². The molecule has 0 atom stereocenters. The highest BCUT2D eigenvalue weighted by molar-refractivity contribution is 6.00. The van der Waals surface area contributed by atoms with Gasteiger partial charge in [-0.3, -0.25) is 9.59 Å². The summed E-state index contributed by atoms with van der Waals surface area (Å²) in [7, 11) is 0. The zero-order valence-electron chi connectivity index (χ0n) is 11.1. The van der Waals surface area contributed by atoms with Gasteiger partial charge in [-0.1, -0.05) is 19.1 Å². The molecule has 4 N–H and O–H groups in total. The van der Waals surface area contributed by atoms with Crippen LogP contribution in [0.3, 0.4) is 0 Å². The molecule has 1 aromatic rings. The molecule has 0 aromatic heterocycles. The van der Waals surface area contributed by atoms with Crippen LogP contribution in [0.25, 0.3) is 0 Å². The van der Waals surface area contributed by atoms with E-state index in [1.807, 2.05) is 6.92 Å². The van der Waals surface area contributed by atoms with Crippen LogP contribution in [0.15, 0.2) is 36.0 Å². The molecule has 0 saturated carbocycles. The van der Waals surface area contributed by atoms with Gasteiger partial charge < -0.3 is 16.4 Å². The molecular formula is C14H16N4O2. The fourth-order valence-electron chi connectivity index (χ4n) is 1.46. The Labute approximate surface area is 117 Å². The average Bonchev–Trinajstić information content (AvgIpc) is 2.45. The SMILES string of the molecule is CCCNC(=O)/C(C#N)=C\Nc1ccccc1C(N)=O. The molecule has 0 aliphatic rings. The number of amides is 2. The summed E-state index contributed by atoms with van der Waals surface area (Å²) in [6.45, 7) is 2.41. The van der Waals surface area contributed by atoms with Crippen molar-refractivity contribution in [2.75, 3.05) is 11.9 Å². The molecule has 0 aliphatic carbocycles. The Hall–Kier alpha value is -2.81. The molecule has 2 amide bonds. The smallest absolute Gasteiger partial charge is 0.263 e. The third-order valence-electron chi connectivity index (χ3n) is 2.47. The number of nitrogens with two attached hydrogens (primary N) is 1. The summed E-state index contributed by atoms with van der Waals surface area (Å²) in [5.74, 6) is -1.05. The summed E-state index contributed by atoms with van der Waals surface area (Å²) in [5.41, 5.74) is 5.89. The number of anilines is 1. The molecule has 0 fully saturated rings. The number of hydrogen-bond acceptors (Lipinski definition) is 4. The zero-order chi connectivity index (χ0) is 15.0. The van der Waals surface area contributed by atoms with Crippen molar-refractivity contribution < 1.29 is 9.59 Å². The number of benzene rings is 1. The topological polar surface area (TPSA) is 108 Å². The van der Waals surface area contributed by atoms with Crippen molar-refractivity contribution in [3.05, 3.63) is 41.6 Å². The number of rotatable bonds is 6. The fraction of sp³-hybridized carbons (Fsp3) is 0.214. The number of para-hydroxylation sites is 1. The van der Waals surface area contributed by atoms with Crippen molar-refractivity contribution in [2.45, 2.75) is 13.3 Å². The van der Waals surface area contributed by atoms with Crippen LogP contribution in [0.2, 0.25) is 0 Å². The second-order valence-electron chi connectivity index (χ2n) is 3.98. The molecular weight excluding hydrogens is 256 g/mol. The number of nitriles is 1. The number of carbonyl (C=O) groups excluding carboxylic acids is 2. The van der Waals surface area contributed by atoms with Gasteiger partial charge in [0, 0.05) is 12.7 Å². The van der Waals surface area contributed by atoms with E-state index in [4.69, 9.17) is 11.0 Å². The Kier molecular flexibility index (Phi) is 5.78. The van der Waals surface area contributed by atoms with Gasteiger partial charge in [0.2, 0.25) is 0 Å². The van der Waals surface area contributed by atoms with Gasteiger partial charge >= 0.3 is 0 Å². The van der Waals surface area contributed by atoms with E-state index in [0.29, 0.717) is 12.2 Å². The molecule has 0 radical (unpaired) electrons. The van der Waals surface area contributed by atoms with Gasteiger partial charge in [0.05, 0.1) is 11.3 Å². The Morgan fingerprint density at radius 2 is 2.10 bits per heavy atom. The second kappa shape index (κ2) is 7.59. The quantitative estimate of drug-likeness (QED) is 0.533. The van der Waals surface area contributed by atoms with Crippen molar-refractivity contribution in [1.82, 2.24) is 5.32 Å². The second-order valence-corrected chi connectivity index (χ2v) is 3.98. The number of nitrogens with one attached hydrogen (secondary N) is 2. The minimum atomic E-state index is -0.588. The zero-order valence-corrected chi connectivity index (χ0v) is 11.1. The molecule has 1 aromatic carbocycles. The summed E-state index contributed by atoms with van der Waals surface area (Å²) in [6.07, 6.45) is 2.04. The lowest BCUT2D eigenvalue weighted by atomic mass is 10.1. The maximum Gasteiger partial charge on any atom is 0.263 e. The van der Waals surface area contributed by atoms with E-state index in [0.717, 1.165) is 6.42 Å². The molecule has 20 heavy (non-hydrogen) atoms. The summed E-state index contributed by atoms with van der Waals surface area (Å²) >= 11 is 0. The molecule has 0 heterocycles. The van der Waals surface area contributed by atoms with Crippen LogP contribution in [0.4, 0.5) is 5.69 Å². The average molecular weight is 272 g/mol. The van der Waals surface area contributed by atoms with E-state index in [-0.39, 0.29) is 11.1 Å². The van der Waals surface area contributed by atoms with Gasteiger partial charge in [-0.15, -0.1) is 0 Å². The Balaban J connectivity index is 2.87. The minimum absolute atomic E-state index is 0.0716. The highest BCUT2D eigenvalue weighted by atomic mass is 16.2. The Morgan fingerprint density at radius 1 is 1.40 bits per heavy atom. The first-order chi connectivity index (χ1) is 9.60. The molecule has 1 rings (SSSR count). The maximum absolute atomic E-state index is 11.6. The first-order valence-corrected chi connectivity index (χ1v) is 6.14. The maximum atomic E-state index is 11.6. The minimum Gasteiger partial charge on any atom is -0.366 e. The first kappa shape index (κ1) is 15.2. The summed E-state index contributed by atoms with van der Waals surface area (Å²) in [4.78, 5) is 22.9. The lowest BCUT2D eigenvalue weighted by Crippen LogP contribution is -2.25. The lowest BCUT2D eigenvalue weighted by Gasteiger charge is -2.07. The van der Waals surface area contributed by atoms with E-state index in [1.165, 1.54) is 6.20 Å². The van der Waals surface area contributed by atoms with E-state index < -0.39 is 11.8 Å². The standard InChI is InChI=1S/C14H16N4O2/c1-2-7-17-14(20)10(8-15)9-18-12-6-4-3-5-11(12)13(16)19/h3-6,9,18H,2,7H2,1H3,(H2,16,19)(H,17,20)/b10-9-. The van der Waals surface area contributed by atoms with E-state index >= 15 is 0 Å². The summed E-state index contributed by atoms with van der Waals surface area (Å²) in [5, 5.41) is 14.3. The predicted octanol–water partition coefficient (Wildman–Crippen LogP) is 1.13. The van der Waals surface area contributed by atoms with Gasteiger partial charge in [0.1, 0.15) is 11.6 Å². The van der Waals surface area contributed by atoms with Crippen LogP contribution in [-0.2, 0) is 4.79 Å². The van der Waals surface area contributed by atoms with Gasteiger partial charge in [0.15, 0.2) is 0 Å². The highest BCUT2D eigenvalue weighted by Gasteiger charge is 2.09. The van der Waals surface area contributed by atoms with E-state index in [9.17, 15) is 9.59 Å². The largest absolute Gasteiger partial charge is 0.366 e. The van der Waals surface area contributed by atoms with Gasteiger partial charge in [-0.25, -0.2) is 0 Å². The van der Waals surface area contributed by atoms with Gasteiger partial charge in [-0.05, 0) is 18.6 Å². The molecule has 0 bridgehead atoms. The van der Waals surface area contributed by atoms with Crippen LogP contribution in [0.5, 0.6) is 0 Å².